The molecule has 2 rings (SSSR count). The summed E-state index contributed by atoms with van der Waals surface area (Å²) < 4.78 is 4.58. The quantitative estimate of drug-likeness (QED) is 0.351. The minimum absolute atomic E-state index is 0.124. The van der Waals surface area contributed by atoms with Crippen LogP contribution in [0.4, 0.5) is 0 Å². The van der Waals surface area contributed by atoms with E-state index in [4.69, 9.17) is 0 Å². The second-order valence-electron chi connectivity index (χ2n) is 4.71. The number of para-hydroxylation sites is 1. The molecule has 1 aromatic heterocycles. The first kappa shape index (κ1) is 17.0. The number of H-pyrrole nitrogens is 1. The topological polar surface area (TPSA) is 138 Å². The Morgan fingerprint density at radius 1 is 1.21 bits per heavy atom. The van der Waals surface area contributed by atoms with Gasteiger partial charge in [-0.05, 0) is 19.1 Å². The molecule has 0 radical (unpaired) electrons. The van der Waals surface area contributed by atoms with Crippen molar-refractivity contribution < 1.29 is 24.2 Å². The fourth-order valence-electron chi connectivity index (χ4n) is 2.01. The molecule has 0 aliphatic rings. The number of hydrogen-bond acceptors (Lipinski definition) is 6. The molecule has 0 unspecified atom stereocenters. The zero-order chi connectivity index (χ0) is 17.7. The summed E-state index contributed by atoms with van der Waals surface area (Å²) in [7, 11) is 0. The van der Waals surface area contributed by atoms with E-state index >= 15 is 0 Å². The lowest BCUT2D eigenvalue weighted by atomic mass is 10.1. The number of benzene rings is 1. The van der Waals surface area contributed by atoms with E-state index in [1.807, 2.05) is 10.9 Å². The Kier molecular flexibility index (Phi) is 5.15. The zero-order valence-electron chi connectivity index (χ0n) is 12.7. The molecule has 126 valence electrons. The molecular formula is C15H15N3O6. The maximum Gasteiger partial charge on any atom is 0.315 e. The van der Waals surface area contributed by atoms with Crippen LogP contribution >= 0.6 is 0 Å². The van der Waals surface area contributed by atoms with Gasteiger partial charge in [-0.2, -0.15) is 0 Å². The fraction of sp³-hybridized carbons (Fsp3) is 0.200. The number of hydrogen-bond donors (Lipinski definition) is 4. The molecule has 0 aliphatic carbocycles. The second kappa shape index (κ2) is 7.27. The highest BCUT2D eigenvalue weighted by atomic mass is 16.5. The predicted molar refractivity (Wildman–Crippen MR) is 83.1 cm³/mol. The number of aromatic nitrogens is 1. The number of ether oxygens (including phenoxy) is 1. The average Bonchev–Trinajstić information content (AvgIpc) is 2.53. The normalized spacial score (nSPS) is 10.2. The van der Waals surface area contributed by atoms with Crippen molar-refractivity contribution in [1.82, 2.24) is 15.8 Å². The van der Waals surface area contributed by atoms with Crippen LogP contribution < -0.4 is 16.4 Å². The predicted octanol–water partition coefficient (Wildman–Crippen LogP) is -0.0521. The minimum atomic E-state index is -1.02. The number of hydrazine groups is 1. The molecular weight excluding hydrogens is 318 g/mol. The maximum absolute atomic E-state index is 12.0. The number of rotatable bonds is 4. The molecule has 0 saturated carbocycles. The number of aromatic hydroxyl groups is 1. The SMILES string of the molecule is CCOC(=O)CC(=O)NNC(=O)c1c(O)c2ccccc2[nH]c1=O. The van der Waals surface area contributed by atoms with Crippen LogP contribution in [0, 0.1) is 0 Å². The maximum atomic E-state index is 12.0. The lowest BCUT2D eigenvalue weighted by Crippen LogP contribution is -2.44. The van der Waals surface area contributed by atoms with Crippen LogP contribution in [0.1, 0.15) is 23.7 Å². The Labute approximate surface area is 135 Å². The largest absolute Gasteiger partial charge is 0.506 e. The number of esters is 1. The van der Waals surface area contributed by atoms with Gasteiger partial charge in [0.25, 0.3) is 11.5 Å². The van der Waals surface area contributed by atoms with E-state index in [0.29, 0.717) is 5.52 Å². The van der Waals surface area contributed by atoms with E-state index in [9.17, 15) is 24.3 Å². The van der Waals surface area contributed by atoms with Gasteiger partial charge in [0.2, 0.25) is 5.91 Å². The number of carbonyl (C=O) groups excluding carboxylic acids is 3. The van der Waals surface area contributed by atoms with Gasteiger partial charge in [0.1, 0.15) is 17.7 Å². The third kappa shape index (κ3) is 3.69. The van der Waals surface area contributed by atoms with Gasteiger partial charge >= 0.3 is 5.97 Å². The molecule has 2 aromatic rings. The van der Waals surface area contributed by atoms with Gasteiger partial charge in [-0.1, -0.05) is 12.1 Å². The van der Waals surface area contributed by atoms with Gasteiger partial charge in [-0.25, -0.2) is 0 Å². The first-order chi connectivity index (χ1) is 11.4. The van der Waals surface area contributed by atoms with Gasteiger partial charge < -0.3 is 14.8 Å². The summed E-state index contributed by atoms with van der Waals surface area (Å²) in [5.74, 6) is -3.10. The van der Waals surface area contributed by atoms with Crippen molar-refractivity contribution in [3.63, 3.8) is 0 Å². The molecule has 0 spiro atoms. The van der Waals surface area contributed by atoms with E-state index in [0.717, 1.165) is 0 Å². The Hall–Kier alpha value is -3.36. The summed E-state index contributed by atoms with van der Waals surface area (Å²) >= 11 is 0. The summed E-state index contributed by atoms with van der Waals surface area (Å²) in [4.78, 5) is 49.0. The molecule has 2 amide bonds. The highest BCUT2D eigenvalue weighted by molar-refractivity contribution is 6.03. The van der Waals surface area contributed by atoms with Crippen molar-refractivity contribution >= 4 is 28.7 Å². The third-order valence-corrected chi connectivity index (χ3v) is 3.05. The van der Waals surface area contributed by atoms with Crippen molar-refractivity contribution in [2.24, 2.45) is 0 Å². The fourth-order valence-corrected chi connectivity index (χ4v) is 2.01. The number of aromatic amines is 1. The monoisotopic (exact) mass is 333 g/mol. The molecule has 0 atom stereocenters. The molecule has 0 bridgehead atoms. The molecule has 0 saturated heterocycles. The van der Waals surface area contributed by atoms with E-state index in [1.54, 1.807) is 25.1 Å². The summed E-state index contributed by atoms with van der Waals surface area (Å²) in [5.41, 5.74) is 2.93. The van der Waals surface area contributed by atoms with Crippen molar-refractivity contribution in [2.45, 2.75) is 13.3 Å². The summed E-state index contributed by atoms with van der Waals surface area (Å²) in [5, 5.41) is 10.4. The third-order valence-electron chi connectivity index (χ3n) is 3.05. The lowest BCUT2D eigenvalue weighted by Gasteiger charge is -2.09. The molecule has 9 nitrogen and oxygen atoms in total. The Bertz CT molecular complexity index is 858. The second-order valence-corrected chi connectivity index (χ2v) is 4.71. The van der Waals surface area contributed by atoms with Crippen LogP contribution in [-0.4, -0.2) is 34.5 Å². The van der Waals surface area contributed by atoms with Crippen molar-refractivity contribution in [3.8, 4) is 5.75 Å². The van der Waals surface area contributed by atoms with Gasteiger partial charge in [0, 0.05) is 5.39 Å². The molecule has 1 aromatic carbocycles. The van der Waals surface area contributed by atoms with Crippen LogP contribution in [0.2, 0.25) is 0 Å². The molecule has 24 heavy (non-hydrogen) atoms. The molecule has 4 N–H and O–H groups in total. The van der Waals surface area contributed by atoms with Crippen LogP contribution in [0.5, 0.6) is 5.75 Å². The smallest absolute Gasteiger partial charge is 0.315 e. The van der Waals surface area contributed by atoms with Crippen molar-refractivity contribution in [1.29, 1.82) is 0 Å². The Morgan fingerprint density at radius 3 is 2.62 bits per heavy atom. The van der Waals surface area contributed by atoms with Crippen LogP contribution in [-0.2, 0) is 14.3 Å². The standard InChI is InChI=1S/C15H15N3O6/c1-2-24-11(20)7-10(19)17-18-15(23)12-13(21)8-5-3-4-6-9(8)16-14(12)22/h3-6H,2,7H2,1H3,(H,17,19)(H,18,23)(H2,16,21,22). The molecule has 1 heterocycles. The molecule has 0 fully saturated rings. The summed E-state index contributed by atoms with van der Waals surface area (Å²) in [6, 6.07) is 6.38. The minimum Gasteiger partial charge on any atom is -0.506 e. The summed E-state index contributed by atoms with van der Waals surface area (Å²) in [6.07, 6.45) is -0.589. The van der Waals surface area contributed by atoms with Crippen LogP contribution in [0.3, 0.4) is 0 Å². The number of fused-ring (bicyclic) bond motifs is 1. The zero-order valence-corrected chi connectivity index (χ0v) is 12.7. The molecule has 9 heteroatoms. The van der Waals surface area contributed by atoms with E-state index in [-0.39, 0.29) is 12.0 Å². The van der Waals surface area contributed by atoms with Crippen LogP contribution in [0.25, 0.3) is 10.9 Å². The number of carbonyl (C=O) groups is 3. The first-order valence-electron chi connectivity index (χ1n) is 7.02. The van der Waals surface area contributed by atoms with Crippen LogP contribution in [0.15, 0.2) is 29.1 Å². The highest BCUT2D eigenvalue weighted by Crippen LogP contribution is 2.24. The Morgan fingerprint density at radius 2 is 1.92 bits per heavy atom. The van der Waals surface area contributed by atoms with E-state index in [2.05, 4.69) is 9.72 Å². The number of pyridine rings is 1. The van der Waals surface area contributed by atoms with Gasteiger partial charge in [0.15, 0.2) is 0 Å². The van der Waals surface area contributed by atoms with Gasteiger partial charge in [-0.15, -0.1) is 0 Å². The highest BCUT2D eigenvalue weighted by Gasteiger charge is 2.20. The average molecular weight is 333 g/mol. The molecule has 0 aliphatic heterocycles. The van der Waals surface area contributed by atoms with Gasteiger partial charge in [-0.3, -0.25) is 30.0 Å². The van der Waals surface area contributed by atoms with E-state index in [1.165, 1.54) is 6.07 Å². The van der Waals surface area contributed by atoms with E-state index < -0.39 is 41.1 Å². The summed E-state index contributed by atoms with van der Waals surface area (Å²) in [6.45, 7) is 1.71. The Balaban J connectivity index is 2.13. The van der Waals surface area contributed by atoms with Crippen molar-refractivity contribution in [3.05, 3.63) is 40.2 Å². The number of amides is 2. The first-order valence-corrected chi connectivity index (χ1v) is 7.02. The van der Waals surface area contributed by atoms with Gasteiger partial charge in [0.05, 0.1) is 12.1 Å². The van der Waals surface area contributed by atoms with Crippen molar-refractivity contribution in [2.75, 3.05) is 6.61 Å². The number of nitrogens with one attached hydrogen (secondary N) is 3. The lowest BCUT2D eigenvalue weighted by molar-refractivity contribution is -0.146.